The van der Waals surface area contributed by atoms with Crippen LogP contribution < -0.4 is 10.6 Å². The molecule has 0 aliphatic rings. The van der Waals surface area contributed by atoms with Crippen LogP contribution in [0.4, 0.5) is 5.95 Å². The number of hydrogen-bond donors (Lipinski definition) is 2. The Bertz CT molecular complexity index is 304. The Kier molecular flexibility index (Phi) is 3.60. The number of nitrogens with zero attached hydrogens (tertiary/aromatic N) is 3. The second-order valence-corrected chi connectivity index (χ2v) is 4.26. The van der Waals surface area contributed by atoms with Crippen molar-refractivity contribution in [3.8, 4) is 0 Å². The lowest BCUT2D eigenvalue weighted by molar-refractivity contribution is 0.0883. The fourth-order valence-corrected chi connectivity index (χ4v) is 1.30. The molecular formula is C10H18N4O. The standard InChI is InChI=1S/C10H18N4O/c1-10(2,15)7-14(3)9-12-5-8(4-11)6-13-9/h5-6,15H,4,7,11H2,1-3H3. The Morgan fingerprint density at radius 2 is 1.93 bits per heavy atom. The summed E-state index contributed by atoms with van der Waals surface area (Å²) in [6, 6.07) is 0. The van der Waals surface area contributed by atoms with E-state index in [0.29, 0.717) is 19.0 Å². The van der Waals surface area contributed by atoms with E-state index in [4.69, 9.17) is 5.73 Å². The van der Waals surface area contributed by atoms with Gasteiger partial charge in [-0.3, -0.25) is 0 Å². The number of likely N-dealkylation sites (N-methyl/N-ethyl adjacent to an activating group) is 1. The SMILES string of the molecule is CN(CC(C)(C)O)c1ncc(CN)cn1. The highest BCUT2D eigenvalue weighted by atomic mass is 16.3. The first kappa shape index (κ1) is 11.9. The quantitative estimate of drug-likeness (QED) is 0.739. The predicted molar refractivity (Wildman–Crippen MR) is 59.5 cm³/mol. The van der Waals surface area contributed by atoms with Crippen molar-refractivity contribution in [1.82, 2.24) is 9.97 Å². The Labute approximate surface area is 90.0 Å². The van der Waals surface area contributed by atoms with Gasteiger partial charge in [0.15, 0.2) is 0 Å². The summed E-state index contributed by atoms with van der Waals surface area (Å²) in [5.41, 5.74) is 5.58. The minimum absolute atomic E-state index is 0.440. The average molecular weight is 210 g/mol. The number of hydrogen-bond acceptors (Lipinski definition) is 5. The van der Waals surface area contributed by atoms with Crippen molar-refractivity contribution in [2.24, 2.45) is 5.73 Å². The van der Waals surface area contributed by atoms with Gasteiger partial charge in [-0.05, 0) is 13.8 Å². The van der Waals surface area contributed by atoms with Gasteiger partial charge in [-0.1, -0.05) is 0 Å². The van der Waals surface area contributed by atoms with Crippen LogP contribution in [-0.2, 0) is 6.54 Å². The maximum Gasteiger partial charge on any atom is 0.225 e. The third-order valence-electron chi connectivity index (χ3n) is 1.89. The molecule has 5 heteroatoms. The lowest BCUT2D eigenvalue weighted by atomic mass is 10.1. The molecule has 1 aromatic rings. The lowest BCUT2D eigenvalue weighted by Gasteiger charge is -2.25. The van der Waals surface area contributed by atoms with Gasteiger partial charge in [0.05, 0.1) is 5.60 Å². The van der Waals surface area contributed by atoms with Gasteiger partial charge >= 0.3 is 0 Å². The van der Waals surface area contributed by atoms with Gasteiger partial charge < -0.3 is 15.7 Å². The summed E-state index contributed by atoms with van der Waals surface area (Å²) in [6.45, 7) is 4.42. The average Bonchev–Trinajstić information content (AvgIpc) is 2.15. The van der Waals surface area contributed by atoms with Gasteiger partial charge in [0.2, 0.25) is 5.95 Å². The van der Waals surface area contributed by atoms with E-state index in [-0.39, 0.29) is 0 Å². The Morgan fingerprint density at radius 1 is 1.40 bits per heavy atom. The second kappa shape index (κ2) is 4.55. The maximum absolute atomic E-state index is 9.63. The van der Waals surface area contributed by atoms with E-state index < -0.39 is 5.60 Å². The molecule has 0 aromatic carbocycles. The van der Waals surface area contributed by atoms with Crippen molar-refractivity contribution in [2.75, 3.05) is 18.5 Å². The van der Waals surface area contributed by atoms with Crippen molar-refractivity contribution in [3.63, 3.8) is 0 Å². The third-order valence-corrected chi connectivity index (χ3v) is 1.89. The third kappa shape index (κ3) is 3.81. The summed E-state index contributed by atoms with van der Waals surface area (Å²) >= 11 is 0. The molecule has 0 atom stereocenters. The van der Waals surface area contributed by atoms with Crippen LogP contribution in [0.1, 0.15) is 19.4 Å². The fraction of sp³-hybridized carbons (Fsp3) is 0.600. The Balaban J connectivity index is 2.70. The molecule has 84 valence electrons. The first-order valence-electron chi connectivity index (χ1n) is 4.87. The smallest absolute Gasteiger partial charge is 0.225 e. The molecule has 0 bridgehead atoms. The van der Waals surface area contributed by atoms with Crippen LogP contribution in [0.5, 0.6) is 0 Å². The van der Waals surface area contributed by atoms with Crippen LogP contribution in [0.2, 0.25) is 0 Å². The van der Waals surface area contributed by atoms with Crippen molar-refractivity contribution >= 4 is 5.95 Å². The molecule has 1 rings (SSSR count). The van der Waals surface area contributed by atoms with Crippen molar-refractivity contribution in [1.29, 1.82) is 0 Å². The molecule has 1 aromatic heterocycles. The lowest BCUT2D eigenvalue weighted by Crippen LogP contribution is -2.37. The van der Waals surface area contributed by atoms with Crippen LogP contribution in [0.25, 0.3) is 0 Å². The van der Waals surface area contributed by atoms with E-state index in [1.165, 1.54) is 0 Å². The molecule has 0 saturated heterocycles. The second-order valence-electron chi connectivity index (χ2n) is 4.26. The number of rotatable bonds is 4. The molecule has 0 amide bonds. The topological polar surface area (TPSA) is 75.3 Å². The molecule has 0 aliphatic carbocycles. The largest absolute Gasteiger partial charge is 0.389 e. The molecule has 5 nitrogen and oxygen atoms in total. The van der Waals surface area contributed by atoms with Gasteiger partial charge in [0.1, 0.15) is 0 Å². The molecule has 0 spiro atoms. The summed E-state index contributed by atoms with van der Waals surface area (Å²) in [5, 5.41) is 9.63. The van der Waals surface area contributed by atoms with Gasteiger partial charge in [-0.25, -0.2) is 9.97 Å². The van der Waals surface area contributed by atoms with Crippen molar-refractivity contribution < 1.29 is 5.11 Å². The van der Waals surface area contributed by atoms with E-state index in [0.717, 1.165) is 5.56 Å². The monoisotopic (exact) mass is 210 g/mol. The maximum atomic E-state index is 9.63. The molecule has 15 heavy (non-hydrogen) atoms. The minimum Gasteiger partial charge on any atom is -0.389 e. The van der Waals surface area contributed by atoms with Gasteiger partial charge in [-0.15, -0.1) is 0 Å². The highest BCUT2D eigenvalue weighted by molar-refractivity contribution is 5.28. The highest BCUT2D eigenvalue weighted by Gasteiger charge is 2.17. The zero-order chi connectivity index (χ0) is 11.5. The summed E-state index contributed by atoms with van der Waals surface area (Å²) in [7, 11) is 1.84. The summed E-state index contributed by atoms with van der Waals surface area (Å²) < 4.78 is 0. The van der Waals surface area contributed by atoms with E-state index in [1.54, 1.807) is 31.1 Å². The van der Waals surface area contributed by atoms with Crippen LogP contribution in [0.3, 0.4) is 0 Å². The van der Waals surface area contributed by atoms with E-state index >= 15 is 0 Å². The molecule has 0 radical (unpaired) electrons. The molecule has 0 unspecified atom stereocenters. The number of anilines is 1. The predicted octanol–water partition coefficient (Wildman–Crippen LogP) is 0.142. The molecule has 3 N–H and O–H groups in total. The first-order chi connectivity index (χ1) is 6.92. The van der Waals surface area contributed by atoms with Crippen LogP contribution >= 0.6 is 0 Å². The highest BCUT2D eigenvalue weighted by Crippen LogP contribution is 2.09. The summed E-state index contributed by atoms with van der Waals surface area (Å²) in [4.78, 5) is 10.1. The van der Waals surface area contributed by atoms with Crippen molar-refractivity contribution in [2.45, 2.75) is 26.0 Å². The molecule has 0 aliphatic heterocycles. The minimum atomic E-state index is -0.759. The normalized spacial score (nSPS) is 11.5. The van der Waals surface area contributed by atoms with Crippen LogP contribution in [0, 0.1) is 0 Å². The Hall–Kier alpha value is -1.20. The van der Waals surface area contributed by atoms with Crippen molar-refractivity contribution in [3.05, 3.63) is 18.0 Å². The first-order valence-corrected chi connectivity index (χ1v) is 4.87. The zero-order valence-corrected chi connectivity index (χ0v) is 9.44. The number of aliphatic hydroxyl groups is 1. The van der Waals surface area contributed by atoms with E-state index in [9.17, 15) is 5.11 Å². The molecule has 0 saturated carbocycles. The molecule has 0 fully saturated rings. The van der Waals surface area contributed by atoms with E-state index in [2.05, 4.69) is 9.97 Å². The molecule has 1 heterocycles. The van der Waals surface area contributed by atoms with Gasteiger partial charge in [-0.2, -0.15) is 0 Å². The van der Waals surface area contributed by atoms with Crippen LogP contribution in [0.15, 0.2) is 12.4 Å². The summed E-state index contributed by atoms with van der Waals surface area (Å²) in [5.74, 6) is 0.592. The number of nitrogens with two attached hydrogens (primary N) is 1. The number of aromatic nitrogens is 2. The Morgan fingerprint density at radius 3 is 2.33 bits per heavy atom. The van der Waals surface area contributed by atoms with Gasteiger partial charge in [0.25, 0.3) is 0 Å². The van der Waals surface area contributed by atoms with Crippen LogP contribution in [-0.4, -0.2) is 34.3 Å². The van der Waals surface area contributed by atoms with Gasteiger partial charge in [0, 0.05) is 38.1 Å². The molecular weight excluding hydrogens is 192 g/mol. The zero-order valence-electron chi connectivity index (χ0n) is 9.44. The summed E-state index contributed by atoms with van der Waals surface area (Å²) in [6.07, 6.45) is 3.40. The fourth-order valence-electron chi connectivity index (χ4n) is 1.30. The van der Waals surface area contributed by atoms with E-state index in [1.807, 2.05) is 7.05 Å².